The first-order valence-electron chi connectivity index (χ1n) is 6.61. The van der Waals surface area contributed by atoms with Crippen LogP contribution in [0.4, 0.5) is 0 Å². The Morgan fingerprint density at radius 3 is 2.33 bits per heavy atom. The predicted octanol–water partition coefficient (Wildman–Crippen LogP) is 4.39. The van der Waals surface area contributed by atoms with Crippen molar-refractivity contribution in [3.05, 3.63) is 28.7 Å². The van der Waals surface area contributed by atoms with Gasteiger partial charge in [0.1, 0.15) is 5.75 Å². The van der Waals surface area contributed by atoms with Gasteiger partial charge >= 0.3 is 0 Å². The van der Waals surface area contributed by atoms with E-state index < -0.39 is 0 Å². The number of hydrogen-bond acceptors (Lipinski definition) is 2. The maximum absolute atomic E-state index is 5.67. The van der Waals surface area contributed by atoms with Crippen molar-refractivity contribution in [3.8, 4) is 5.75 Å². The van der Waals surface area contributed by atoms with Crippen LogP contribution in [-0.2, 0) is 0 Å². The molecule has 1 rings (SSSR count). The molecule has 0 heterocycles. The normalized spacial score (nSPS) is 11.6. The topological polar surface area (TPSA) is 21.3 Å². The minimum Gasteiger partial charge on any atom is -0.494 e. The van der Waals surface area contributed by atoms with Gasteiger partial charge in [-0.3, -0.25) is 0 Å². The van der Waals surface area contributed by atoms with Gasteiger partial charge in [0, 0.05) is 10.0 Å². The van der Waals surface area contributed by atoms with Crippen LogP contribution in [0.5, 0.6) is 5.75 Å². The van der Waals surface area contributed by atoms with Crippen molar-refractivity contribution in [3.63, 3.8) is 0 Å². The number of halogens is 1. The molecule has 0 saturated carbocycles. The number of nitrogens with one attached hydrogen (secondary N) is 1. The van der Waals surface area contributed by atoms with Gasteiger partial charge in [0.15, 0.2) is 0 Å². The smallest absolute Gasteiger partial charge is 0.119 e. The van der Waals surface area contributed by atoms with Gasteiger partial charge in [-0.15, -0.1) is 0 Å². The molecule has 1 N–H and O–H groups in total. The standard InChI is InChI=1S/C15H24BrNO/c1-15(2,3)17-11-5-4-6-12-18-14-9-7-13(16)8-10-14/h7-10,17H,4-6,11-12H2,1-3H3. The molecule has 0 fully saturated rings. The third-order valence-corrected chi connectivity index (χ3v) is 3.09. The molecule has 2 nitrogen and oxygen atoms in total. The van der Waals surface area contributed by atoms with Crippen molar-refractivity contribution in [1.82, 2.24) is 5.32 Å². The van der Waals surface area contributed by atoms with Crippen LogP contribution >= 0.6 is 15.9 Å². The molecule has 0 aliphatic carbocycles. The quantitative estimate of drug-likeness (QED) is 0.754. The Bertz CT molecular complexity index is 329. The summed E-state index contributed by atoms with van der Waals surface area (Å²) in [6.07, 6.45) is 3.53. The van der Waals surface area contributed by atoms with E-state index in [1.165, 1.54) is 12.8 Å². The Morgan fingerprint density at radius 2 is 1.72 bits per heavy atom. The lowest BCUT2D eigenvalue weighted by molar-refractivity contribution is 0.303. The summed E-state index contributed by atoms with van der Waals surface area (Å²) in [7, 11) is 0. The molecule has 0 amide bonds. The maximum Gasteiger partial charge on any atom is 0.119 e. The summed E-state index contributed by atoms with van der Waals surface area (Å²) in [6.45, 7) is 8.48. The molecule has 0 unspecified atom stereocenters. The molecular weight excluding hydrogens is 290 g/mol. The van der Waals surface area contributed by atoms with Gasteiger partial charge in [-0.05, 0) is 70.8 Å². The molecule has 0 spiro atoms. The summed E-state index contributed by atoms with van der Waals surface area (Å²) < 4.78 is 6.75. The van der Waals surface area contributed by atoms with Crippen LogP contribution in [0.1, 0.15) is 40.0 Å². The lowest BCUT2D eigenvalue weighted by Crippen LogP contribution is -2.36. The van der Waals surface area contributed by atoms with E-state index in [1.807, 2.05) is 24.3 Å². The van der Waals surface area contributed by atoms with Crippen molar-refractivity contribution in [2.75, 3.05) is 13.2 Å². The molecule has 102 valence electrons. The molecule has 0 aliphatic rings. The second kappa shape index (κ2) is 7.80. The van der Waals surface area contributed by atoms with Crippen molar-refractivity contribution in [1.29, 1.82) is 0 Å². The van der Waals surface area contributed by atoms with E-state index in [0.29, 0.717) is 0 Å². The number of unbranched alkanes of at least 4 members (excludes halogenated alkanes) is 2. The van der Waals surface area contributed by atoms with Gasteiger partial charge in [0.05, 0.1) is 6.61 Å². The molecule has 3 heteroatoms. The first kappa shape index (κ1) is 15.5. The van der Waals surface area contributed by atoms with E-state index in [-0.39, 0.29) is 5.54 Å². The van der Waals surface area contributed by atoms with Crippen LogP contribution < -0.4 is 10.1 Å². The van der Waals surface area contributed by atoms with Gasteiger partial charge in [0.2, 0.25) is 0 Å². The van der Waals surface area contributed by atoms with Gasteiger partial charge in [-0.25, -0.2) is 0 Å². The third kappa shape index (κ3) is 7.72. The minimum atomic E-state index is 0.230. The lowest BCUT2D eigenvalue weighted by atomic mass is 10.1. The first-order valence-corrected chi connectivity index (χ1v) is 7.40. The predicted molar refractivity (Wildman–Crippen MR) is 81.2 cm³/mol. The monoisotopic (exact) mass is 313 g/mol. The summed E-state index contributed by atoms with van der Waals surface area (Å²) in [6, 6.07) is 7.99. The van der Waals surface area contributed by atoms with Gasteiger partial charge in [0.25, 0.3) is 0 Å². The minimum absolute atomic E-state index is 0.230. The maximum atomic E-state index is 5.67. The van der Waals surface area contributed by atoms with Crippen LogP contribution in [0.15, 0.2) is 28.7 Å². The molecule has 1 aromatic carbocycles. The highest BCUT2D eigenvalue weighted by molar-refractivity contribution is 9.10. The van der Waals surface area contributed by atoms with Gasteiger partial charge in [-0.1, -0.05) is 15.9 Å². The summed E-state index contributed by atoms with van der Waals surface area (Å²) in [5.74, 6) is 0.950. The van der Waals surface area contributed by atoms with E-state index in [2.05, 4.69) is 42.0 Å². The molecule has 0 atom stereocenters. The second-order valence-corrected chi connectivity index (χ2v) is 6.46. The zero-order chi connectivity index (χ0) is 13.4. The van der Waals surface area contributed by atoms with Crippen molar-refractivity contribution >= 4 is 15.9 Å². The fourth-order valence-corrected chi connectivity index (χ4v) is 1.85. The van der Waals surface area contributed by atoms with Crippen molar-refractivity contribution < 1.29 is 4.74 Å². The molecule has 1 aromatic rings. The van der Waals surface area contributed by atoms with E-state index >= 15 is 0 Å². The van der Waals surface area contributed by atoms with Gasteiger partial charge in [-0.2, -0.15) is 0 Å². The van der Waals surface area contributed by atoms with Crippen LogP contribution in [0.25, 0.3) is 0 Å². The average Bonchev–Trinajstić information content (AvgIpc) is 2.29. The Balaban J connectivity index is 2.00. The summed E-state index contributed by atoms with van der Waals surface area (Å²) in [4.78, 5) is 0. The van der Waals surface area contributed by atoms with Crippen LogP contribution in [-0.4, -0.2) is 18.7 Å². The van der Waals surface area contributed by atoms with Crippen LogP contribution in [0, 0.1) is 0 Å². The first-order chi connectivity index (χ1) is 8.47. The molecule has 0 aliphatic heterocycles. The fraction of sp³-hybridized carbons (Fsp3) is 0.600. The van der Waals surface area contributed by atoms with E-state index in [9.17, 15) is 0 Å². The highest BCUT2D eigenvalue weighted by atomic mass is 79.9. The molecular formula is C15H24BrNO. The SMILES string of the molecule is CC(C)(C)NCCCCCOc1ccc(Br)cc1. The molecule has 0 aromatic heterocycles. The van der Waals surface area contributed by atoms with Crippen LogP contribution in [0.2, 0.25) is 0 Å². The molecule has 0 saturated heterocycles. The van der Waals surface area contributed by atoms with Gasteiger partial charge < -0.3 is 10.1 Å². The van der Waals surface area contributed by atoms with E-state index in [0.717, 1.165) is 29.8 Å². The fourth-order valence-electron chi connectivity index (χ4n) is 1.59. The summed E-state index contributed by atoms with van der Waals surface area (Å²) >= 11 is 3.41. The zero-order valence-electron chi connectivity index (χ0n) is 11.6. The Labute approximate surface area is 119 Å². The highest BCUT2D eigenvalue weighted by Crippen LogP contribution is 2.16. The Morgan fingerprint density at radius 1 is 1.06 bits per heavy atom. The number of rotatable bonds is 7. The number of hydrogen-bond donors (Lipinski definition) is 1. The Hall–Kier alpha value is -0.540. The zero-order valence-corrected chi connectivity index (χ0v) is 13.2. The summed E-state index contributed by atoms with van der Waals surface area (Å²) in [5.41, 5.74) is 0.230. The Kier molecular flexibility index (Phi) is 6.72. The third-order valence-electron chi connectivity index (χ3n) is 2.56. The molecule has 0 radical (unpaired) electrons. The lowest BCUT2D eigenvalue weighted by Gasteiger charge is -2.20. The van der Waals surface area contributed by atoms with E-state index in [4.69, 9.17) is 4.74 Å². The molecule has 18 heavy (non-hydrogen) atoms. The largest absolute Gasteiger partial charge is 0.494 e. The van der Waals surface area contributed by atoms with Crippen LogP contribution in [0.3, 0.4) is 0 Å². The second-order valence-electron chi connectivity index (χ2n) is 5.54. The number of ether oxygens (including phenoxy) is 1. The van der Waals surface area contributed by atoms with Crippen molar-refractivity contribution in [2.45, 2.75) is 45.6 Å². The van der Waals surface area contributed by atoms with Crippen molar-refractivity contribution in [2.24, 2.45) is 0 Å². The highest BCUT2D eigenvalue weighted by Gasteiger charge is 2.06. The van der Waals surface area contributed by atoms with E-state index in [1.54, 1.807) is 0 Å². The average molecular weight is 314 g/mol. The summed E-state index contributed by atoms with van der Waals surface area (Å²) in [5, 5.41) is 3.49. The molecule has 0 bridgehead atoms. The number of benzene rings is 1.